The number of halogens is 6. The van der Waals surface area contributed by atoms with Crippen LogP contribution in [0.4, 0.5) is 42.5 Å². The lowest BCUT2D eigenvalue weighted by molar-refractivity contribution is -0.193. The Morgan fingerprint density at radius 3 is 1.89 bits per heavy atom. The molecule has 2 fully saturated rings. The van der Waals surface area contributed by atoms with Crippen molar-refractivity contribution < 1.29 is 68.9 Å². The average molecular weight is 837 g/mol. The molecule has 2 amide bonds. The standard InChI is InChI=1S/C29H36N8O5S.2C2HF3O2/c1-42-29(39)34-23-7-3-19(4-8-23)24-16-32-26(35-24)25-15-21(18-11-13-36(14-12-18)43(2,40)41)17-37(25)27(38)20-5-9-22(10-6-20)33-28(30)31;2*3-2(4,5)1(6)7/h3-10,16,18,21,25H,11-15,17H2,1-2H3,(H,32,35)(H,34,39)(H4,30,31,33);2*(H,6,7)/t21-,25-;;/m0../s1. The van der Waals surface area contributed by atoms with Crippen LogP contribution < -0.4 is 16.8 Å². The van der Waals surface area contributed by atoms with Gasteiger partial charge in [-0.1, -0.05) is 12.1 Å². The number of ether oxygens (including phenoxy) is 1. The van der Waals surface area contributed by atoms with Gasteiger partial charge in [0.2, 0.25) is 10.0 Å². The highest BCUT2D eigenvalue weighted by Crippen LogP contribution is 2.42. The number of carboxylic acid groups (broad SMARTS) is 2. The van der Waals surface area contributed by atoms with E-state index in [9.17, 15) is 44.3 Å². The third kappa shape index (κ3) is 13.4. The lowest BCUT2D eigenvalue weighted by Gasteiger charge is -2.33. The monoisotopic (exact) mass is 836 g/mol. The van der Waals surface area contributed by atoms with E-state index >= 15 is 0 Å². The molecule has 312 valence electrons. The first kappa shape index (κ1) is 45.5. The summed E-state index contributed by atoms with van der Waals surface area (Å²) >= 11 is 0. The zero-order chi connectivity index (χ0) is 42.9. The highest BCUT2D eigenvalue weighted by molar-refractivity contribution is 7.88. The van der Waals surface area contributed by atoms with E-state index in [2.05, 4.69) is 25.0 Å². The van der Waals surface area contributed by atoms with Crippen LogP contribution in [0.3, 0.4) is 0 Å². The number of nitrogens with two attached hydrogens (primary N) is 2. The molecular weight excluding hydrogens is 798 g/mol. The fourth-order valence-electron chi connectivity index (χ4n) is 5.92. The molecule has 2 atom stereocenters. The predicted molar refractivity (Wildman–Crippen MR) is 190 cm³/mol. The van der Waals surface area contributed by atoms with Gasteiger partial charge in [0, 0.05) is 30.9 Å². The minimum absolute atomic E-state index is 0.0635. The Bertz CT molecular complexity index is 1990. The molecule has 3 heterocycles. The van der Waals surface area contributed by atoms with Crippen molar-refractivity contribution in [2.75, 3.05) is 38.3 Å². The SMILES string of the molecule is COC(=O)Nc1ccc(-c2cnc([C@@H]3C[C@H](C4CCN(S(C)(=O)=O)CC4)CN3C(=O)c3ccc(N=C(N)N)cc3)[nH]2)cc1.O=C(O)C(F)(F)F.O=C(O)C(F)(F)F. The molecule has 1 aromatic heterocycles. The summed E-state index contributed by atoms with van der Waals surface area (Å²) in [5.74, 6) is -4.56. The summed E-state index contributed by atoms with van der Waals surface area (Å²) in [7, 11) is -1.93. The van der Waals surface area contributed by atoms with E-state index in [1.54, 1.807) is 42.6 Å². The summed E-state index contributed by atoms with van der Waals surface area (Å²) in [6.07, 6.45) is -5.54. The van der Waals surface area contributed by atoms with Crippen LogP contribution in [0.15, 0.2) is 59.7 Å². The van der Waals surface area contributed by atoms with Crippen molar-refractivity contribution in [3.8, 4) is 11.3 Å². The molecule has 2 aromatic carbocycles. The summed E-state index contributed by atoms with van der Waals surface area (Å²) < 4.78 is 93.7. The Morgan fingerprint density at radius 1 is 0.912 bits per heavy atom. The van der Waals surface area contributed by atoms with E-state index in [1.165, 1.54) is 17.7 Å². The van der Waals surface area contributed by atoms with Crippen molar-refractivity contribution in [2.45, 2.75) is 37.7 Å². The number of H-pyrrole nitrogens is 1. The summed E-state index contributed by atoms with van der Waals surface area (Å²) in [6, 6.07) is 13.8. The molecule has 8 N–H and O–H groups in total. The first-order chi connectivity index (χ1) is 26.4. The van der Waals surface area contributed by atoms with E-state index < -0.39 is 40.4 Å². The maximum absolute atomic E-state index is 13.9. The molecule has 0 bridgehead atoms. The molecule has 0 aliphatic carbocycles. The number of guanidine groups is 1. The van der Waals surface area contributed by atoms with Crippen LogP contribution in [0.25, 0.3) is 11.3 Å². The molecule has 0 unspecified atom stereocenters. The number of sulfonamides is 1. The first-order valence-corrected chi connectivity index (χ1v) is 18.3. The second kappa shape index (κ2) is 18.8. The summed E-state index contributed by atoms with van der Waals surface area (Å²) in [5, 5.41) is 16.9. The number of alkyl halides is 6. The van der Waals surface area contributed by atoms with Crippen LogP contribution >= 0.6 is 0 Å². The third-order valence-corrected chi connectivity index (χ3v) is 9.93. The Labute approximate surface area is 320 Å². The van der Waals surface area contributed by atoms with Gasteiger partial charge in [0.1, 0.15) is 5.82 Å². The lowest BCUT2D eigenvalue weighted by atomic mass is 9.83. The van der Waals surface area contributed by atoms with Gasteiger partial charge < -0.3 is 36.3 Å². The quantitative estimate of drug-likeness (QED) is 0.111. The fraction of sp³-hybridized carbons (Fsp3) is 0.394. The number of carbonyl (C=O) groups excluding carboxylic acids is 2. The van der Waals surface area contributed by atoms with Crippen molar-refractivity contribution in [3.63, 3.8) is 0 Å². The van der Waals surface area contributed by atoms with Gasteiger partial charge in [0.05, 0.1) is 37.0 Å². The zero-order valence-electron chi connectivity index (χ0n) is 30.0. The summed E-state index contributed by atoms with van der Waals surface area (Å²) in [4.78, 5) is 57.2. The molecule has 57 heavy (non-hydrogen) atoms. The number of nitrogens with zero attached hydrogens (tertiary/aromatic N) is 4. The molecule has 0 saturated carbocycles. The number of carboxylic acids is 2. The molecule has 0 radical (unpaired) electrons. The number of methoxy groups -OCH3 is 1. The van der Waals surface area contributed by atoms with E-state index in [4.69, 9.17) is 31.3 Å². The largest absolute Gasteiger partial charge is 0.490 e. The number of aliphatic carboxylic acids is 2. The van der Waals surface area contributed by atoms with Gasteiger partial charge in [-0.3, -0.25) is 10.1 Å². The molecule has 3 aromatic rings. The molecule has 0 spiro atoms. The number of piperidine rings is 1. The number of carbonyl (C=O) groups is 4. The van der Waals surface area contributed by atoms with E-state index in [1.807, 2.05) is 17.0 Å². The molecule has 24 heteroatoms. The minimum atomic E-state index is -5.08. The first-order valence-electron chi connectivity index (χ1n) is 16.5. The van der Waals surface area contributed by atoms with Gasteiger partial charge in [-0.05, 0) is 73.1 Å². The number of benzene rings is 2. The number of nitrogens with one attached hydrogen (secondary N) is 2. The molecule has 2 saturated heterocycles. The van der Waals surface area contributed by atoms with Gasteiger partial charge >= 0.3 is 30.4 Å². The number of anilines is 1. The van der Waals surface area contributed by atoms with Gasteiger partial charge in [-0.25, -0.2) is 37.1 Å². The predicted octanol–water partition coefficient (Wildman–Crippen LogP) is 4.30. The maximum Gasteiger partial charge on any atom is 0.490 e. The van der Waals surface area contributed by atoms with Crippen LogP contribution in [0, 0.1) is 11.8 Å². The molecule has 17 nitrogen and oxygen atoms in total. The molecule has 2 aliphatic rings. The molecule has 2 aliphatic heterocycles. The van der Waals surface area contributed by atoms with Gasteiger partial charge in [-0.2, -0.15) is 26.3 Å². The molecular formula is C33H38F6N8O9S. The van der Waals surface area contributed by atoms with Crippen molar-refractivity contribution in [2.24, 2.45) is 28.3 Å². The van der Waals surface area contributed by atoms with Crippen LogP contribution in [0.1, 0.15) is 41.5 Å². The Kier molecular flexibility index (Phi) is 15.0. The second-order valence-corrected chi connectivity index (χ2v) is 14.5. The van der Waals surface area contributed by atoms with Crippen molar-refractivity contribution >= 4 is 51.3 Å². The smallest absolute Gasteiger partial charge is 0.475 e. The average Bonchev–Trinajstić information content (AvgIpc) is 3.80. The van der Waals surface area contributed by atoms with Crippen LogP contribution in [0.5, 0.6) is 0 Å². The highest BCUT2D eigenvalue weighted by Gasteiger charge is 2.43. The van der Waals surface area contributed by atoms with E-state index in [0.717, 1.165) is 24.1 Å². The normalized spacial score (nSPS) is 17.6. The number of aromatic amines is 1. The summed E-state index contributed by atoms with van der Waals surface area (Å²) in [5.41, 5.74) is 14.3. The van der Waals surface area contributed by atoms with Gasteiger partial charge in [0.15, 0.2) is 5.96 Å². The number of hydrogen-bond acceptors (Lipinski definition) is 9. The number of rotatable bonds is 7. The minimum Gasteiger partial charge on any atom is -0.475 e. The van der Waals surface area contributed by atoms with E-state index in [0.29, 0.717) is 48.8 Å². The number of hydrogen-bond donors (Lipinski definition) is 6. The second-order valence-electron chi connectivity index (χ2n) is 12.5. The Hall–Kier alpha value is -5.91. The number of amides is 2. The highest BCUT2D eigenvalue weighted by atomic mass is 32.2. The lowest BCUT2D eigenvalue weighted by Crippen LogP contribution is -2.40. The van der Waals surface area contributed by atoms with Gasteiger partial charge in [-0.15, -0.1) is 0 Å². The van der Waals surface area contributed by atoms with Crippen molar-refractivity contribution in [1.82, 2.24) is 19.2 Å². The fourth-order valence-corrected chi connectivity index (χ4v) is 6.79. The van der Waals surface area contributed by atoms with Crippen molar-refractivity contribution in [1.29, 1.82) is 0 Å². The Balaban J connectivity index is 0.000000531. The summed E-state index contributed by atoms with van der Waals surface area (Å²) in [6.45, 7) is 1.50. The van der Waals surface area contributed by atoms with Crippen LogP contribution in [-0.2, 0) is 24.3 Å². The van der Waals surface area contributed by atoms with E-state index in [-0.39, 0.29) is 29.7 Å². The maximum atomic E-state index is 13.9. The number of aliphatic imine (C=N–C) groups is 1. The van der Waals surface area contributed by atoms with Crippen LogP contribution in [-0.4, -0.2) is 113 Å². The van der Waals surface area contributed by atoms with Crippen LogP contribution in [0.2, 0.25) is 0 Å². The zero-order valence-corrected chi connectivity index (χ0v) is 30.9. The van der Waals surface area contributed by atoms with Crippen molar-refractivity contribution in [3.05, 3.63) is 66.1 Å². The number of imidazole rings is 1. The number of aromatic nitrogens is 2. The Morgan fingerprint density at radius 2 is 1.44 bits per heavy atom. The third-order valence-electron chi connectivity index (χ3n) is 8.62. The number of likely N-dealkylation sites (tertiary alicyclic amines) is 1. The topological polar surface area (TPSA) is 264 Å². The molecule has 5 rings (SSSR count). The van der Waals surface area contributed by atoms with Gasteiger partial charge in [0.25, 0.3) is 5.91 Å².